The molecule has 2 atom stereocenters. The molecule has 0 spiro atoms. The van der Waals surface area contributed by atoms with Crippen LogP contribution in [0.5, 0.6) is 0 Å². The fraction of sp³-hybridized carbons (Fsp3) is 1.00. The fourth-order valence-electron chi connectivity index (χ4n) is 0.977. The lowest BCUT2D eigenvalue weighted by atomic mass is 10.3. The lowest BCUT2D eigenvalue weighted by Crippen LogP contribution is -2.35. The Labute approximate surface area is 53.3 Å². The van der Waals surface area contributed by atoms with Gasteiger partial charge in [-0.3, -0.25) is 4.90 Å². The number of nitrogens with zero attached hydrogens (tertiary/aromatic N) is 1. The Bertz CT molecular complexity index is 98.2. The van der Waals surface area contributed by atoms with Crippen LogP contribution < -0.4 is 0 Å². The monoisotopic (exact) mass is 133 g/mol. The number of hydrogen-bond acceptors (Lipinski definition) is 4. The molecule has 54 valence electrons. The van der Waals surface area contributed by atoms with Crippen molar-refractivity contribution in [2.24, 2.45) is 0 Å². The Morgan fingerprint density at radius 1 is 1.44 bits per heavy atom. The summed E-state index contributed by atoms with van der Waals surface area (Å²) in [7, 11) is 0. The van der Waals surface area contributed by atoms with Gasteiger partial charge in [-0.1, -0.05) is 0 Å². The second-order valence-electron chi connectivity index (χ2n) is 2.22. The highest BCUT2D eigenvalue weighted by atomic mass is 16.4. The van der Waals surface area contributed by atoms with Gasteiger partial charge >= 0.3 is 0 Å². The van der Waals surface area contributed by atoms with Crippen molar-refractivity contribution in [2.45, 2.75) is 18.8 Å². The number of rotatable bonds is 1. The average molecular weight is 133 g/mol. The van der Waals surface area contributed by atoms with Gasteiger partial charge in [0.05, 0.1) is 12.8 Å². The highest BCUT2D eigenvalue weighted by Gasteiger charge is 2.29. The minimum atomic E-state index is -0.866. The molecule has 0 aromatic carbocycles. The van der Waals surface area contributed by atoms with Crippen LogP contribution in [0, 0.1) is 0 Å². The molecule has 0 saturated carbocycles. The minimum absolute atomic E-state index is 0.182. The number of aliphatic hydroxyl groups is 3. The summed E-state index contributed by atoms with van der Waals surface area (Å²) >= 11 is 0. The van der Waals surface area contributed by atoms with Gasteiger partial charge in [-0.2, -0.15) is 0 Å². The molecule has 4 heteroatoms. The van der Waals surface area contributed by atoms with E-state index in [-0.39, 0.29) is 6.73 Å². The minimum Gasteiger partial charge on any atom is -0.389 e. The SMILES string of the molecule is OCN1CC[C@H](O)C1O. The molecule has 0 aromatic rings. The highest BCUT2D eigenvalue weighted by Crippen LogP contribution is 2.13. The van der Waals surface area contributed by atoms with E-state index in [1.165, 1.54) is 4.90 Å². The van der Waals surface area contributed by atoms with Gasteiger partial charge in [-0.15, -0.1) is 0 Å². The maximum Gasteiger partial charge on any atom is 0.135 e. The van der Waals surface area contributed by atoms with Crippen LogP contribution in [0.1, 0.15) is 6.42 Å². The third-order valence-corrected chi connectivity index (χ3v) is 1.61. The van der Waals surface area contributed by atoms with Gasteiger partial charge in [0, 0.05) is 6.54 Å². The molecule has 9 heavy (non-hydrogen) atoms. The van der Waals surface area contributed by atoms with Crippen molar-refractivity contribution in [1.82, 2.24) is 4.90 Å². The van der Waals surface area contributed by atoms with Crippen LogP contribution in [0.2, 0.25) is 0 Å². The summed E-state index contributed by atoms with van der Waals surface area (Å²) in [5.74, 6) is 0. The van der Waals surface area contributed by atoms with Crippen LogP contribution in [-0.2, 0) is 0 Å². The van der Waals surface area contributed by atoms with Crippen molar-refractivity contribution in [3.8, 4) is 0 Å². The third kappa shape index (κ3) is 1.21. The molecular weight excluding hydrogens is 122 g/mol. The van der Waals surface area contributed by atoms with E-state index in [1.54, 1.807) is 0 Å². The standard InChI is InChI=1S/C5H11NO3/c7-3-6-2-1-4(8)5(6)9/h4-5,7-9H,1-3H2/t4-,5?/m0/s1. The molecule has 1 fully saturated rings. The molecular formula is C5H11NO3. The van der Waals surface area contributed by atoms with E-state index < -0.39 is 12.3 Å². The number of likely N-dealkylation sites (tertiary alicyclic amines) is 1. The molecule has 1 aliphatic heterocycles. The Morgan fingerprint density at radius 2 is 2.11 bits per heavy atom. The van der Waals surface area contributed by atoms with Crippen molar-refractivity contribution in [1.29, 1.82) is 0 Å². The van der Waals surface area contributed by atoms with Crippen molar-refractivity contribution in [3.63, 3.8) is 0 Å². The van der Waals surface area contributed by atoms with Crippen LogP contribution in [0.25, 0.3) is 0 Å². The molecule has 1 aliphatic rings. The van der Waals surface area contributed by atoms with Crippen LogP contribution >= 0.6 is 0 Å². The quantitative estimate of drug-likeness (QED) is 0.400. The summed E-state index contributed by atoms with van der Waals surface area (Å²) in [6.45, 7) is 0.386. The maximum absolute atomic E-state index is 8.97. The van der Waals surface area contributed by atoms with Gasteiger partial charge in [0.25, 0.3) is 0 Å². The van der Waals surface area contributed by atoms with E-state index in [4.69, 9.17) is 15.3 Å². The summed E-state index contributed by atoms with van der Waals surface area (Å²) in [5.41, 5.74) is 0. The van der Waals surface area contributed by atoms with E-state index >= 15 is 0 Å². The van der Waals surface area contributed by atoms with E-state index in [0.29, 0.717) is 13.0 Å². The molecule has 1 unspecified atom stereocenters. The molecule has 0 aliphatic carbocycles. The maximum atomic E-state index is 8.97. The average Bonchev–Trinajstić information content (AvgIpc) is 2.15. The van der Waals surface area contributed by atoms with E-state index in [1.807, 2.05) is 0 Å². The highest BCUT2D eigenvalue weighted by molar-refractivity contribution is 4.76. The zero-order valence-corrected chi connectivity index (χ0v) is 5.06. The fourth-order valence-corrected chi connectivity index (χ4v) is 0.977. The summed E-state index contributed by atoms with van der Waals surface area (Å²) in [6, 6.07) is 0. The molecule has 0 aromatic heterocycles. The van der Waals surface area contributed by atoms with E-state index in [9.17, 15) is 0 Å². The van der Waals surface area contributed by atoms with Gasteiger partial charge in [-0.25, -0.2) is 0 Å². The molecule has 4 nitrogen and oxygen atoms in total. The molecule has 0 amide bonds. The Hall–Kier alpha value is -0.160. The number of aliphatic hydroxyl groups excluding tert-OH is 3. The Morgan fingerprint density at radius 3 is 2.33 bits per heavy atom. The van der Waals surface area contributed by atoms with E-state index in [0.717, 1.165) is 0 Å². The van der Waals surface area contributed by atoms with E-state index in [2.05, 4.69) is 0 Å². The predicted octanol–water partition coefficient (Wildman–Crippen LogP) is -1.68. The van der Waals surface area contributed by atoms with Gasteiger partial charge < -0.3 is 15.3 Å². The predicted molar refractivity (Wildman–Crippen MR) is 30.4 cm³/mol. The lowest BCUT2D eigenvalue weighted by Gasteiger charge is -2.17. The smallest absolute Gasteiger partial charge is 0.135 e. The molecule has 1 heterocycles. The largest absolute Gasteiger partial charge is 0.389 e. The molecule has 0 bridgehead atoms. The summed E-state index contributed by atoms with van der Waals surface area (Å²) in [4.78, 5) is 1.41. The number of hydrogen-bond donors (Lipinski definition) is 3. The summed E-state index contributed by atoms with van der Waals surface area (Å²) < 4.78 is 0. The lowest BCUT2D eigenvalue weighted by molar-refractivity contribution is -0.0653. The van der Waals surface area contributed by atoms with Crippen molar-refractivity contribution in [3.05, 3.63) is 0 Å². The first kappa shape index (κ1) is 6.95. The van der Waals surface area contributed by atoms with Crippen molar-refractivity contribution < 1.29 is 15.3 Å². The first-order chi connectivity index (χ1) is 4.25. The van der Waals surface area contributed by atoms with Crippen LogP contribution in [-0.4, -0.2) is 45.8 Å². The van der Waals surface area contributed by atoms with Crippen molar-refractivity contribution >= 4 is 0 Å². The second kappa shape index (κ2) is 2.62. The van der Waals surface area contributed by atoms with Gasteiger partial charge in [0.2, 0.25) is 0 Å². The Kier molecular flexibility index (Phi) is 2.02. The third-order valence-electron chi connectivity index (χ3n) is 1.61. The molecule has 1 saturated heterocycles. The second-order valence-corrected chi connectivity index (χ2v) is 2.22. The molecule has 0 radical (unpaired) electrons. The van der Waals surface area contributed by atoms with Crippen LogP contribution in [0.15, 0.2) is 0 Å². The zero-order valence-electron chi connectivity index (χ0n) is 5.06. The Balaban J connectivity index is 2.41. The van der Waals surface area contributed by atoms with Gasteiger partial charge in [-0.05, 0) is 6.42 Å². The normalized spacial score (nSPS) is 37.7. The van der Waals surface area contributed by atoms with Crippen LogP contribution in [0.3, 0.4) is 0 Å². The zero-order chi connectivity index (χ0) is 6.85. The summed E-state index contributed by atoms with van der Waals surface area (Å²) in [6.07, 6.45) is -1.01. The van der Waals surface area contributed by atoms with Crippen molar-refractivity contribution in [2.75, 3.05) is 13.3 Å². The first-order valence-electron chi connectivity index (χ1n) is 2.96. The molecule has 3 N–H and O–H groups in total. The van der Waals surface area contributed by atoms with Gasteiger partial charge in [0.15, 0.2) is 0 Å². The topological polar surface area (TPSA) is 63.9 Å². The first-order valence-corrected chi connectivity index (χ1v) is 2.96. The van der Waals surface area contributed by atoms with Gasteiger partial charge in [0.1, 0.15) is 6.23 Å². The molecule has 1 rings (SSSR count). The van der Waals surface area contributed by atoms with Crippen LogP contribution in [0.4, 0.5) is 0 Å². The summed E-state index contributed by atoms with van der Waals surface area (Å²) in [5, 5.41) is 26.4.